The van der Waals surface area contributed by atoms with E-state index in [1.54, 1.807) is 6.07 Å². The quantitative estimate of drug-likeness (QED) is 0.753. The molecule has 0 heterocycles. The van der Waals surface area contributed by atoms with Gasteiger partial charge in [-0.05, 0) is 29.3 Å². The van der Waals surface area contributed by atoms with Gasteiger partial charge < -0.3 is 15.5 Å². The Hall–Kier alpha value is -2.56. The van der Waals surface area contributed by atoms with Crippen LogP contribution < -0.4 is 5.32 Å². The van der Waals surface area contributed by atoms with Gasteiger partial charge in [-0.25, -0.2) is 4.79 Å². The van der Waals surface area contributed by atoms with E-state index in [4.69, 9.17) is 10.2 Å². The van der Waals surface area contributed by atoms with E-state index in [0.717, 1.165) is 10.8 Å². The average molecular weight is 273 g/mol. The standard InChI is InChI=1S/C15H15NO4/c17-14(18)8-7-13(15(19)20)16-12-6-5-10-3-1-2-4-11(10)9-12/h1-6,9,13,16H,7-8H2,(H,17,18)(H,19,20)/t13-/m0/s1. The molecule has 5 heteroatoms. The second kappa shape index (κ2) is 6.06. The van der Waals surface area contributed by atoms with Gasteiger partial charge >= 0.3 is 11.9 Å². The molecular formula is C15H15NO4. The molecule has 104 valence electrons. The highest BCUT2D eigenvalue weighted by Gasteiger charge is 2.18. The van der Waals surface area contributed by atoms with Crippen molar-refractivity contribution >= 4 is 28.4 Å². The molecule has 2 aromatic carbocycles. The molecule has 0 saturated heterocycles. The number of nitrogens with one attached hydrogen (secondary N) is 1. The molecule has 0 spiro atoms. The van der Waals surface area contributed by atoms with Crippen LogP contribution in [0.4, 0.5) is 5.69 Å². The number of carboxylic acids is 2. The van der Waals surface area contributed by atoms with Crippen LogP contribution in [-0.2, 0) is 9.59 Å². The minimum atomic E-state index is -1.06. The van der Waals surface area contributed by atoms with Crippen LogP contribution in [0.5, 0.6) is 0 Å². The summed E-state index contributed by atoms with van der Waals surface area (Å²) in [6, 6.07) is 12.4. The highest BCUT2D eigenvalue weighted by atomic mass is 16.4. The number of carboxylic acid groups (broad SMARTS) is 2. The number of anilines is 1. The van der Waals surface area contributed by atoms with E-state index in [1.807, 2.05) is 36.4 Å². The van der Waals surface area contributed by atoms with E-state index in [9.17, 15) is 9.59 Å². The van der Waals surface area contributed by atoms with Crippen molar-refractivity contribution in [1.29, 1.82) is 0 Å². The van der Waals surface area contributed by atoms with E-state index in [2.05, 4.69) is 5.32 Å². The maximum Gasteiger partial charge on any atom is 0.326 e. The van der Waals surface area contributed by atoms with E-state index < -0.39 is 18.0 Å². The van der Waals surface area contributed by atoms with Gasteiger partial charge in [-0.1, -0.05) is 30.3 Å². The molecule has 0 unspecified atom stereocenters. The van der Waals surface area contributed by atoms with Crippen LogP contribution in [0.2, 0.25) is 0 Å². The van der Waals surface area contributed by atoms with E-state index in [0.29, 0.717) is 5.69 Å². The van der Waals surface area contributed by atoms with Gasteiger partial charge in [-0.3, -0.25) is 4.79 Å². The Labute approximate surface area is 115 Å². The zero-order chi connectivity index (χ0) is 14.5. The van der Waals surface area contributed by atoms with Crippen molar-refractivity contribution in [3.63, 3.8) is 0 Å². The SMILES string of the molecule is O=C(O)CC[C@H](Nc1ccc2ccccc2c1)C(=O)O. The summed E-state index contributed by atoms with van der Waals surface area (Å²) in [5.41, 5.74) is 0.668. The molecule has 20 heavy (non-hydrogen) atoms. The first-order chi connectivity index (χ1) is 9.56. The van der Waals surface area contributed by atoms with Crippen LogP contribution in [0.15, 0.2) is 42.5 Å². The van der Waals surface area contributed by atoms with Crippen LogP contribution in [0.1, 0.15) is 12.8 Å². The maximum atomic E-state index is 11.1. The second-order valence-electron chi connectivity index (χ2n) is 4.53. The number of rotatable bonds is 6. The minimum Gasteiger partial charge on any atom is -0.481 e. The van der Waals surface area contributed by atoms with Crippen molar-refractivity contribution in [3.8, 4) is 0 Å². The Bertz CT molecular complexity index is 639. The summed E-state index contributed by atoms with van der Waals surface area (Å²) in [7, 11) is 0. The Morgan fingerprint density at radius 1 is 1.05 bits per heavy atom. The van der Waals surface area contributed by atoms with Gasteiger partial charge in [0.05, 0.1) is 0 Å². The average Bonchev–Trinajstić information content (AvgIpc) is 2.42. The number of hydrogen-bond acceptors (Lipinski definition) is 3. The first kappa shape index (κ1) is 13.9. The number of aliphatic carboxylic acids is 2. The fourth-order valence-electron chi connectivity index (χ4n) is 2.01. The van der Waals surface area contributed by atoms with E-state index in [1.165, 1.54) is 0 Å². The van der Waals surface area contributed by atoms with Crippen LogP contribution in [0.25, 0.3) is 10.8 Å². The molecule has 3 N–H and O–H groups in total. The molecule has 0 aliphatic carbocycles. The van der Waals surface area contributed by atoms with Crippen molar-refractivity contribution in [2.45, 2.75) is 18.9 Å². The van der Waals surface area contributed by atoms with Crippen LogP contribution >= 0.6 is 0 Å². The molecule has 0 aliphatic heterocycles. The fraction of sp³-hybridized carbons (Fsp3) is 0.200. The Morgan fingerprint density at radius 2 is 1.75 bits per heavy atom. The summed E-state index contributed by atoms with van der Waals surface area (Å²) in [5.74, 6) is -2.06. The molecular weight excluding hydrogens is 258 g/mol. The van der Waals surface area contributed by atoms with Crippen LogP contribution in [0, 0.1) is 0 Å². The van der Waals surface area contributed by atoms with Crippen molar-refractivity contribution in [2.24, 2.45) is 0 Å². The van der Waals surface area contributed by atoms with Gasteiger partial charge in [0.2, 0.25) is 0 Å². The summed E-state index contributed by atoms with van der Waals surface area (Å²) < 4.78 is 0. The lowest BCUT2D eigenvalue weighted by Gasteiger charge is -2.15. The zero-order valence-corrected chi connectivity index (χ0v) is 10.7. The lowest BCUT2D eigenvalue weighted by Crippen LogP contribution is -2.29. The molecule has 0 aromatic heterocycles. The third-order valence-corrected chi connectivity index (χ3v) is 3.04. The lowest BCUT2D eigenvalue weighted by atomic mass is 10.1. The third-order valence-electron chi connectivity index (χ3n) is 3.04. The van der Waals surface area contributed by atoms with Crippen molar-refractivity contribution in [3.05, 3.63) is 42.5 Å². The molecule has 0 amide bonds. The van der Waals surface area contributed by atoms with Gasteiger partial charge in [-0.2, -0.15) is 0 Å². The highest BCUT2D eigenvalue weighted by molar-refractivity contribution is 5.87. The molecule has 0 saturated carbocycles. The Morgan fingerprint density at radius 3 is 2.40 bits per heavy atom. The van der Waals surface area contributed by atoms with E-state index in [-0.39, 0.29) is 12.8 Å². The molecule has 0 fully saturated rings. The molecule has 0 aliphatic rings. The summed E-state index contributed by atoms with van der Waals surface area (Å²) in [5, 5.41) is 22.7. The summed E-state index contributed by atoms with van der Waals surface area (Å²) >= 11 is 0. The monoisotopic (exact) mass is 273 g/mol. The number of benzene rings is 2. The van der Waals surface area contributed by atoms with Gasteiger partial charge in [0.15, 0.2) is 0 Å². The smallest absolute Gasteiger partial charge is 0.326 e. The molecule has 2 aromatic rings. The predicted octanol–water partition coefficient (Wildman–Crippen LogP) is 2.57. The highest BCUT2D eigenvalue weighted by Crippen LogP contribution is 2.20. The second-order valence-corrected chi connectivity index (χ2v) is 4.53. The van der Waals surface area contributed by atoms with Gasteiger partial charge in [-0.15, -0.1) is 0 Å². The summed E-state index contributed by atoms with van der Waals surface area (Å²) in [6.07, 6.45) is -0.144. The largest absolute Gasteiger partial charge is 0.481 e. The first-order valence-electron chi connectivity index (χ1n) is 6.26. The zero-order valence-electron chi connectivity index (χ0n) is 10.7. The summed E-state index contributed by atoms with van der Waals surface area (Å²) in [6.45, 7) is 0. The van der Waals surface area contributed by atoms with Gasteiger partial charge in [0.25, 0.3) is 0 Å². The number of fused-ring (bicyclic) bond motifs is 1. The topological polar surface area (TPSA) is 86.6 Å². The molecule has 1 atom stereocenters. The van der Waals surface area contributed by atoms with Crippen LogP contribution in [0.3, 0.4) is 0 Å². The normalized spacial score (nSPS) is 12.0. The Balaban J connectivity index is 2.15. The van der Waals surface area contributed by atoms with Crippen molar-refractivity contribution < 1.29 is 19.8 Å². The van der Waals surface area contributed by atoms with E-state index >= 15 is 0 Å². The third kappa shape index (κ3) is 3.47. The first-order valence-corrected chi connectivity index (χ1v) is 6.26. The lowest BCUT2D eigenvalue weighted by molar-refractivity contribution is -0.139. The van der Waals surface area contributed by atoms with Gasteiger partial charge in [0.1, 0.15) is 6.04 Å². The molecule has 5 nitrogen and oxygen atoms in total. The number of hydrogen-bond donors (Lipinski definition) is 3. The summed E-state index contributed by atoms with van der Waals surface area (Å²) in [4.78, 5) is 21.7. The molecule has 2 rings (SSSR count). The number of carbonyl (C=O) groups is 2. The molecule has 0 radical (unpaired) electrons. The maximum absolute atomic E-state index is 11.1. The van der Waals surface area contributed by atoms with Gasteiger partial charge in [0, 0.05) is 12.1 Å². The predicted molar refractivity (Wildman–Crippen MR) is 75.9 cm³/mol. The molecule has 0 bridgehead atoms. The van der Waals surface area contributed by atoms with Crippen LogP contribution in [-0.4, -0.2) is 28.2 Å². The van der Waals surface area contributed by atoms with Crippen molar-refractivity contribution in [1.82, 2.24) is 0 Å². The fourth-order valence-corrected chi connectivity index (χ4v) is 2.01. The van der Waals surface area contributed by atoms with Crippen molar-refractivity contribution in [2.75, 3.05) is 5.32 Å². The Kier molecular flexibility index (Phi) is 4.20. The minimum absolute atomic E-state index is 0.0392.